The van der Waals surface area contributed by atoms with Crippen molar-refractivity contribution in [3.05, 3.63) is 47.8 Å². The Morgan fingerprint density at radius 3 is 2.15 bits per heavy atom. The monoisotopic (exact) mass is 347 g/mol. The van der Waals surface area contributed by atoms with Crippen molar-refractivity contribution in [2.24, 2.45) is 11.8 Å². The van der Waals surface area contributed by atoms with E-state index in [1.54, 1.807) is 0 Å². The van der Waals surface area contributed by atoms with Crippen LogP contribution in [0.1, 0.15) is 69.4 Å². The van der Waals surface area contributed by atoms with E-state index in [2.05, 4.69) is 23.0 Å². The van der Waals surface area contributed by atoms with Crippen LogP contribution in [0.3, 0.4) is 0 Å². The Hall–Kier alpha value is -2.21. The van der Waals surface area contributed by atoms with E-state index in [1.807, 2.05) is 36.7 Å². The summed E-state index contributed by atoms with van der Waals surface area (Å²) in [5.41, 5.74) is 2.85. The molecule has 1 aromatic heterocycles. The second kappa shape index (κ2) is 9.48. The first-order chi connectivity index (χ1) is 12.8. The van der Waals surface area contributed by atoms with Gasteiger partial charge in [-0.3, -0.25) is 0 Å². The van der Waals surface area contributed by atoms with Crippen molar-refractivity contribution in [1.82, 2.24) is 9.97 Å². The maximum Gasteiger partial charge on any atom is 0.159 e. The third kappa shape index (κ3) is 5.14. The smallest absolute Gasteiger partial charge is 0.159 e. The van der Waals surface area contributed by atoms with Gasteiger partial charge in [-0.2, -0.15) is 5.26 Å². The van der Waals surface area contributed by atoms with E-state index < -0.39 is 0 Å². The van der Waals surface area contributed by atoms with Crippen LogP contribution < -0.4 is 0 Å². The fourth-order valence-corrected chi connectivity index (χ4v) is 4.00. The summed E-state index contributed by atoms with van der Waals surface area (Å²) in [7, 11) is 0. The molecule has 1 fully saturated rings. The van der Waals surface area contributed by atoms with E-state index in [1.165, 1.54) is 56.9 Å². The summed E-state index contributed by atoms with van der Waals surface area (Å²) in [6.45, 7) is 2.29. The summed E-state index contributed by atoms with van der Waals surface area (Å²) in [4.78, 5) is 9.04. The molecule has 0 amide bonds. The Bertz CT molecular complexity index is 705. The van der Waals surface area contributed by atoms with Crippen molar-refractivity contribution in [2.45, 2.75) is 64.7 Å². The first-order valence-corrected chi connectivity index (χ1v) is 10.1. The van der Waals surface area contributed by atoms with Gasteiger partial charge in [-0.25, -0.2) is 9.97 Å². The lowest BCUT2D eigenvalue weighted by Gasteiger charge is -2.28. The van der Waals surface area contributed by atoms with Crippen LogP contribution in [-0.2, 0) is 6.42 Å². The lowest BCUT2D eigenvalue weighted by molar-refractivity contribution is 0.250. The number of nitriles is 1. The van der Waals surface area contributed by atoms with Crippen LogP contribution in [0.5, 0.6) is 0 Å². The van der Waals surface area contributed by atoms with Crippen molar-refractivity contribution in [1.29, 1.82) is 5.26 Å². The molecular weight excluding hydrogens is 318 g/mol. The maximum absolute atomic E-state index is 8.87. The summed E-state index contributed by atoms with van der Waals surface area (Å²) >= 11 is 0. The Morgan fingerprint density at radius 2 is 1.58 bits per heavy atom. The molecule has 26 heavy (non-hydrogen) atoms. The molecule has 0 spiro atoms. The van der Waals surface area contributed by atoms with Crippen LogP contribution in [0.2, 0.25) is 0 Å². The van der Waals surface area contributed by atoms with Crippen molar-refractivity contribution in [3.63, 3.8) is 0 Å². The highest BCUT2D eigenvalue weighted by Crippen LogP contribution is 2.34. The number of nitrogens with zero attached hydrogens (tertiary/aromatic N) is 3. The molecule has 0 atom stereocenters. The highest BCUT2D eigenvalue weighted by molar-refractivity contribution is 5.56. The summed E-state index contributed by atoms with van der Waals surface area (Å²) in [5.74, 6) is 2.60. The SMILES string of the molecule is CCCC[C@H]1CC[C@H](CCc2cnc(-c3ccc(C#N)cc3)nc2)CC1. The summed E-state index contributed by atoms with van der Waals surface area (Å²) in [6, 6.07) is 9.57. The molecule has 0 bridgehead atoms. The van der Waals surface area contributed by atoms with Gasteiger partial charge in [0.1, 0.15) is 0 Å². The molecule has 136 valence electrons. The number of aryl methyl sites for hydroxylation is 1. The van der Waals surface area contributed by atoms with E-state index >= 15 is 0 Å². The van der Waals surface area contributed by atoms with Gasteiger partial charge in [0, 0.05) is 18.0 Å². The number of benzene rings is 1. The fourth-order valence-electron chi connectivity index (χ4n) is 4.00. The lowest BCUT2D eigenvalue weighted by atomic mass is 9.78. The molecule has 3 rings (SSSR count). The van der Waals surface area contributed by atoms with Gasteiger partial charge in [-0.15, -0.1) is 0 Å². The van der Waals surface area contributed by atoms with Crippen LogP contribution in [0, 0.1) is 23.2 Å². The predicted molar refractivity (Wildman–Crippen MR) is 105 cm³/mol. The first-order valence-electron chi connectivity index (χ1n) is 10.1. The van der Waals surface area contributed by atoms with Gasteiger partial charge in [0.25, 0.3) is 0 Å². The summed E-state index contributed by atoms with van der Waals surface area (Å²) in [5, 5.41) is 8.87. The van der Waals surface area contributed by atoms with E-state index in [9.17, 15) is 0 Å². The molecule has 1 heterocycles. The predicted octanol–water partition coefficient (Wildman–Crippen LogP) is 5.94. The van der Waals surface area contributed by atoms with E-state index in [0.717, 1.165) is 29.6 Å². The van der Waals surface area contributed by atoms with Crippen molar-refractivity contribution in [2.75, 3.05) is 0 Å². The molecule has 0 aliphatic heterocycles. The van der Waals surface area contributed by atoms with Crippen molar-refractivity contribution < 1.29 is 0 Å². The summed E-state index contributed by atoms with van der Waals surface area (Å²) < 4.78 is 0. The second-order valence-corrected chi connectivity index (χ2v) is 7.67. The van der Waals surface area contributed by atoms with Crippen LogP contribution >= 0.6 is 0 Å². The number of aromatic nitrogens is 2. The fraction of sp³-hybridized carbons (Fsp3) is 0.522. The largest absolute Gasteiger partial charge is 0.236 e. The minimum atomic E-state index is 0.662. The normalized spacial score (nSPS) is 19.8. The van der Waals surface area contributed by atoms with Gasteiger partial charge in [0.05, 0.1) is 11.6 Å². The number of hydrogen-bond acceptors (Lipinski definition) is 3. The van der Waals surface area contributed by atoms with E-state index in [-0.39, 0.29) is 0 Å². The van der Waals surface area contributed by atoms with Gasteiger partial charge in [0.2, 0.25) is 0 Å². The third-order valence-electron chi connectivity index (χ3n) is 5.75. The average Bonchev–Trinajstić information content (AvgIpc) is 2.72. The first kappa shape index (κ1) is 18.6. The van der Waals surface area contributed by atoms with Gasteiger partial charge < -0.3 is 0 Å². The minimum absolute atomic E-state index is 0.662. The van der Waals surface area contributed by atoms with Gasteiger partial charge in [-0.05, 0) is 54.5 Å². The molecular formula is C23H29N3. The maximum atomic E-state index is 8.87. The van der Waals surface area contributed by atoms with E-state index in [0.29, 0.717) is 5.56 Å². The number of hydrogen-bond donors (Lipinski definition) is 0. The van der Waals surface area contributed by atoms with Gasteiger partial charge >= 0.3 is 0 Å². The zero-order valence-electron chi connectivity index (χ0n) is 15.8. The molecule has 0 radical (unpaired) electrons. The molecule has 1 aliphatic rings. The molecule has 1 saturated carbocycles. The third-order valence-corrected chi connectivity index (χ3v) is 5.75. The molecule has 0 N–H and O–H groups in total. The minimum Gasteiger partial charge on any atom is -0.236 e. The highest BCUT2D eigenvalue weighted by atomic mass is 14.9. The molecule has 1 aliphatic carbocycles. The Morgan fingerprint density at radius 1 is 0.962 bits per heavy atom. The van der Waals surface area contributed by atoms with E-state index in [4.69, 9.17) is 5.26 Å². The molecule has 3 nitrogen and oxygen atoms in total. The van der Waals surface area contributed by atoms with Crippen LogP contribution in [0.4, 0.5) is 0 Å². The second-order valence-electron chi connectivity index (χ2n) is 7.67. The van der Waals surface area contributed by atoms with Crippen molar-refractivity contribution in [3.8, 4) is 17.5 Å². The van der Waals surface area contributed by atoms with Crippen molar-refractivity contribution >= 4 is 0 Å². The molecule has 2 aromatic rings. The Kier molecular flexibility index (Phi) is 6.77. The molecule has 0 saturated heterocycles. The highest BCUT2D eigenvalue weighted by Gasteiger charge is 2.20. The van der Waals surface area contributed by atoms with Gasteiger partial charge in [-0.1, -0.05) is 51.9 Å². The molecule has 1 aromatic carbocycles. The molecule has 0 unspecified atom stereocenters. The zero-order valence-corrected chi connectivity index (χ0v) is 15.8. The molecule has 3 heteroatoms. The number of rotatable bonds is 7. The summed E-state index contributed by atoms with van der Waals surface area (Å²) in [6.07, 6.45) is 16.1. The lowest BCUT2D eigenvalue weighted by Crippen LogP contribution is -2.15. The van der Waals surface area contributed by atoms with Gasteiger partial charge in [0.15, 0.2) is 5.82 Å². The van der Waals surface area contributed by atoms with Crippen LogP contribution in [0.15, 0.2) is 36.7 Å². The Balaban J connectivity index is 1.47. The van der Waals surface area contributed by atoms with Crippen LogP contribution in [-0.4, -0.2) is 9.97 Å². The standard InChI is InChI=1S/C23H29N3/c1-2-3-4-18-5-7-19(8-6-18)9-10-21-16-25-23(26-17-21)22-13-11-20(15-24)12-14-22/h11-14,16-19H,2-10H2,1H3/t18-,19-. The Labute approximate surface area is 157 Å². The average molecular weight is 348 g/mol. The van der Waals surface area contributed by atoms with Crippen LogP contribution in [0.25, 0.3) is 11.4 Å². The quantitative estimate of drug-likeness (QED) is 0.622. The number of unbranched alkanes of at least 4 members (excludes halogenated alkanes) is 1. The zero-order chi connectivity index (χ0) is 18.2. The topological polar surface area (TPSA) is 49.6 Å².